The Morgan fingerprint density at radius 3 is 2.45 bits per heavy atom. The van der Waals surface area contributed by atoms with Crippen molar-refractivity contribution in [2.75, 3.05) is 13.2 Å². The summed E-state index contributed by atoms with van der Waals surface area (Å²) in [5, 5.41) is 11.7. The zero-order valence-electron chi connectivity index (χ0n) is 13.1. The van der Waals surface area contributed by atoms with E-state index in [9.17, 15) is 5.11 Å². The van der Waals surface area contributed by atoms with Crippen LogP contribution in [0.5, 0.6) is 5.75 Å². The van der Waals surface area contributed by atoms with Gasteiger partial charge in [0.05, 0.1) is 18.0 Å². The molecule has 0 aromatic heterocycles. The van der Waals surface area contributed by atoms with Crippen molar-refractivity contribution in [2.24, 2.45) is 5.41 Å². The maximum absolute atomic E-state index is 9.94. The van der Waals surface area contributed by atoms with Crippen molar-refractivity contribution in [1.82, 2.24) is 0 Å². The molecule has 1 fully saturated rings. The topological polar surface area (TPSA) is 38.7 Å². The van der Waals surface area contributed by atoms with Gasteiger partial charge in [0.1, 0.15) is 5.75 Å². The molecule has 1 aliphatic heterocycles. The van der Waals surface area contributed by atoms with Gasteiger partial charge in [0.2, 0.25) is 5.79 Å². The van der Waals surface area contributed by atoms with Crippen LogP contribution >= 0.6 is 15.9 Å². The smallest absolute Gasteiger partial charge is 0.207 e. The van der Waals surface area contributed by atoms with Gasteiger partial charge in [-0.15, -0.1) is 0 Å². The second-order valence-corrected chi connectivity index (χ2v) is 8.11. The number of rotatable bonds is 2. The van der Waals surface area contributed by atoms with E-state index in [1.165, 1.54) is 0 Å². The van der Waals surface area contributed by atoms with Crippen molar-refractivity contribution in [3.8, 4) is 5.75 Å². The molecular weight excluding hydrogens is 344 g/mol. The molecule has 1 N–H and O–H groups in total. The largest absolute Gasteiger partial charge is 0.507 e. The highest BCUT2D eigenvalue weighted by Crippen LogP contribution is 2.42. The van der Waals surface area contributed by atoms with E-state index in [0.717, 1.165) is 16.3 Å². The van der Waals surface area contributed by atoms with Gasteiger partial charge in [-0.1, -0.05) is 54.0 Å². The first-order valence-electron chi connectivity index (χ1n) is 7.48. The number of hydrogen-bond donors (Lipinski definition) is 1. The Morgan fingerprint density at radius 1 is 1.14 bits per heavy atom. The van der Waals surface area contributed by atoms with Crippen LogP contribution in [0.1, 0.15) is 26.3 Å². The molecule has 1 heterocycles. The summed E-state index contributed by atoms with van der Waals surface area (Å²) in [5.41, 5.74) is 0.978. The average molecular weight is 365 g/mol. The number of fused-ring (bicyclic) bond motifs is 1. The fourth-order valence-electron chi connectivity index (χ4n) is 2.80. The van der Waals surface area contributed by atoms with Crippen molar-refractivity contribution >= 4 is 26.7 Å². The van der Waals surface area contributed by atoms with Gasteiger partial charge in [-0.25, -0.2) is 0 Å². The zero-order chi connectivity index (χ0) is 16.0. The molecular formula is C18H21BrO3. The number of aromatic hydroxyl groups is 1. The minimum Gasteiger partial charge on any atom is -0.507 e. The van der Waals surface area contributed by atoms with E-state index in [0.29, 0.717) is 13.2 Å². The Balaban J connectivity index is 2.06. The lowest BCUT2D eigenvalue weighted by Crippen LogP contribution is -2.49. The number of halogens is 1. The minimum atomic E-state index is -0.796. The highest BCUT2D eigenvalue weighted by molar-refractivity contribution is 9.09. The van der Waals surface area contributed by atoms with E-state index >= 15 is 0 Å². The molecule has 118 valence electrons. The molecule has 1 unspecified atom stereocenters. The highest BCUT2D eigenvalue weighted by atomic mass is 79.9. The number of ether oxygens (including phenoxy) is 2. The molecule has 3 nitrogen and oxygen atoms in total. The first kappa shape index (κ1) is 15.8. The van der Waals surface area contributed by atoms with Crippen LogP contribution in [0.15, 0.2) is 36.4 Å². The van der Waals surface area contributed by atoms with Crippen molar-refractivity contribution < 1.29 is 14.6 Å². The molecule has 0 radical (unpaired) electrons. The lowest BCUT2D eigenvalue weighted by atomic mass is 9.92. The molecule has 1 atom stereocenters. The molecule has 0 aliphatic carbocycles. The van der Waals surface area contributed by atoms with Crippen LogP contribution in [0.25, 0.3) is 10.8 Å². The Kier molecular flexibility index (Phi) is 3.96. The Labute approximate surface area is 139 Å². The van der Waals surface area contributed by atoms with Crippen molar-refractivity contribution in [1.29, 1.82) is 0 Å². The summed E-state index contributed by atoms with van der Waals surface area (Å²) < 4.78 is 12.4. The van der Waals surface area contributed by atoms with Gasteiger partial charge < -0.3 is 14.6 Å². The lowest BCUT2D eigenvalue weighted by Gasteiger charge is -2.45. The molecule has 0 amide bonds. The van der Waals surface area contributed by atoms with Gasteiger partial charge >= 0.3 is 0 Å². The van der Waals surface area contributed by atoms with Crippen molar-refractivity contribution in [3.63, 3.8) is 0 Å². The van der Waals surface area contributed by atoms with Crippen LogP contribution < -0.4 is 0 Å². The van der Waals surface area contributed by atoms with Gasteiger partial charge in [0, 0.05) is 16.4 Å². The van der Waals surface area contributed by atoms with Crippen molar-refractivity contribution in [3.05, 3.63) is 42.0 Å². The fourth-order valence-corrected chi connectivity index (χ4v) is 3.33. The van der Waals surface area contributed by atoms with E-state index in [-0.39, 0.29) is 16.0 Å². The van der Waals surface area contributed by atoms with Crippen LogP contribution in [0, 0.1) is 5.41 Å². The van der Waals surface area contributed by atoms with Crippen molar-refractivity contribution in [2.45, 2.75) is 31.4 Å². The van der Waals surface area contributed by atoms with Gasteiger partial charge in [-0.2, -0.15) is 0 Å². The third-order valence-corrected chi connectivity index (χ3v) is 4.74. The van der Waals surface area contributed by atoms with Gasteiger partial charge in [-0.05, 0) is 24.4 Å². The summed E-state index contributed by atoms with van der Waals surface area (Å²) in [6.07, 6.45) is 0. The summed E-state index contributed by atoms with van der Waals surface area (Å²) in [6, 6.07) is 11.4. The lowest BCUT2D eigenvalue weighted by molar-refractivity contribution is -0.305. The first-order valence-corrected chi connectivity index (χ1v) is 8.40. The monoisotopic (exact) mass is 364 g/mol. The summed E-state index contributed by atoms with van der Waals surface area (Å²) in [7, 11) is 0. The van der Waals surface area contributed by atoms with E-state index in [2.05, 4.69) is 29.8 Å². The molecule has 1 aliphatic rings. The molecule has 2 aromatic rings. The van der Waals surface area contributed by atoms with Gasteiger partial charge in [0.25, 0.3) is 0 Å². The highest BCUT2D eigenvalue weighted by Gasteiger charge is 2.45. The van der Waals surface area contributed by atoms with Gasteiger partial charge in [0.15, 0.2) is 0 Å². The fraction of sp³-hybridized carbons (Fsp3) is 0.444. The Hall–Kier alpha value is -1.10. The Bertz CT molecular complexity index is 684. The number of phenols is 1. The third kappa shape index (κ3) is 2.64. The van der Waals surface area contributed by atoms with Gasteiger partial charge in [-0.3, -0.25) is 0 Å². The van der Waals surface area contributed by atoms with E-state index in [1.807, 2.05) is 37.3 Å². The summed E-state index contributed by atoms with van der Waals surface area (Å²) in [4.78, 5) is 0.00543. The average Bonchev–Trinajstić information content (AvgIpc) is 2.47. The maximum Gasteiger partial charge on any atom is 0.207 e. The second-order valence-electron chi connectivity index (χ2n) is 6.74. The number of hydrogen-bond acceptors (Lipinski definition) is 3. The molecule has 4 heteroatoms. The van der Waals surface area contributed by atoms with E-state index in [1.54, 1.807) is 6.07 Å². The SMILES string of the molecule is CC(Br)C1(c2ccc3c(O)cccc3c2)OCC(C)(C)CO1. The summed E-state index contributed by atoms with van der Waals surface area (Å²) in [5.74, 6) is -0.508. The molecule has 0 spiro atoms. The van der Waals surface area contributed by atoms with Crippen LogP contribution in [-0.2, 0) is 15.3 Å². The third-order valence-electron chi connectivity index (χ3n) is 4.14. The molecule has 0 saturated carbocycles. The van der Waals surface area contributed by atoms with Crippen LogP contribution in [0.2, 0.25) is 0 Å². The van der Waals surface area contributed by atoms with Crippen LogP contribution in [0.4, 0.5) is 0 Å². The number of benzene rings is 2. The number of alkyl halides is 1. The summed E-state index contributed by atoms with van der Waals surface area (Å²) in [6.45, 7) is 7.58. The molecule has 0 bridgehead atoms. The predicted molar refractivity (Wildman–Crippen MR) is 91.4 cm³/mol. The standard InChI is InChI=1S/C18H21BrO3/c1-12(19)18(21-10-17(2,3)11-22-18)14-7-8-15-13(9-14)5-4-6-16(15)20/h4-9,12,20H,10-11H2,1-3H3. The predicted octanol–water partition coefficient (Wildman–Crippen LogP) is 4.55. The molecule has 1 saturated heterocycles. The maximum atomic E-state index is 9.94. The first-order chi connectivity index (χ1) is 10.3. The normalized spacial score (nSPS) is 21.6. The summed E-state index contributed by atoms with van der Waals surface area (Å²) >= 11 is 3.65. The van der Waals surface area contributed by atoms with E-state index < -0.39 is 5.79 Å². The zero-order valence-corrected chi connectivity index (χ0v) is 14.7. The molecule has 3 rings (SSSR count). The van der Waals surface area contributed by atoms with E-state index in [4.69, 9.17) is 9.47 Å². The quantitative estimate of drug-likeness (QED) is 0.794. The number of phenolic OH excluding ortho intramolecular Hbond substituents is 1. The second kappa shape index (κ2) is 5.52. The Morgan fingerprint density at radius 2 is 1.82 bits per heavy atom. The van der Waals surface area contributed by atoms with Crippen LogP contribution in [0.3, 0.4) is 0 Å². The minimum absolute atomic E-state index is 0.00543. The van der Waals surface area contributed by atoms with Crippen LogP contribution in [-0.4, -0.2) is 23.1 Å². The molecule has 2 aromatic carbocycles. The molecule has 22 heavy (non-hydrogen) atoms.